The summed E-state index contributed by atoms with van der Waals surface area (Å²) in [6, 6.07) is 4.56. The molecule has 1 N–H and O–H groups in total. The quantitative estimate of drug-likeness (QED) is 0.882. The third kappa shape index (κ3) is 4.10. The maximum atomic E-state index is 12.1. The smallest absolute Gasteiger partial charge is 0.242 e. The minimum Gasteiger partial charge on any atom is -0.341 e. The van der Waals surface area contributed by atoms with Gasteiger partial charge in [-0.2, -0.15) is 0 Å². The highest BCUT2D eigenvalue weighted by atomic mass is 16.2. The summed E-state index contributed by atoms with van der Waals surface area (Å²) >= 11 is 0. The molecule has 2 rings (SSSR count). The van der Waals surface area contributed by atoms with E-state index < -0.39 is 0 Å². The van der Waals surface area contributed by atoms with Crippen LogP contribution in [0.3, 0.4) is 0 Å². The molecule has 4 heteroatoms. The van der Waals surface area contributed by atoms with Gasteiger partial charge in [-0.05, 0) is 45.7 Å². The maximum Gasteiger partial charge on any atom is 0.242 e. The van der Waals surface area contributed by atoms with Crippen molar-refractivity contribution in [1.82, 2.24) is 14.8 Å². The second kappa shape index (κ2) is 5.37. The van der Waals surface area contributed by atoms with E-state index in [9.17, 15) is 4.79 Å². The van der Waals surface area contributed by atoms with Gasteiger partial charge in [0.25, 0.3) is 0 Å². The third-order valence-electron chi connectivity index (χ3n) is 3.52. The largest absolute Gasteiger partial charge is 0.341 e. The summed E-state index contributed by atoms with van der Waals surface area (Å²) in [4.78, 5) is 14.0. The van der Waals surface area contributed by atoms with Crippen molar-refractivity contribution >= 4 is 5.91 Å². The molecule has 19 heavy (non-hydrogen) atoms. The molecule has 1 heterocycles. The van der Waals surface area contributed by atoms with Crippen LogP contribution in [-0.4, -0.2) is 34.0 Å². The van der Waals surface area contributed by atoms with Crippen LogP contribution in [0.15, 0.2) is 18.3 Å². The predicted octanol–water partition coefficient (Wildman–Crippen LogP) is 2.00. The van der Waals surface area contributed by atoms with Crippen molar-refractivity contribution < 1.29 is 4.79 Å². The van der Waals surface area contributed by atoms with Gasteiger partial charge in [0, 0.05) is 37.1 Å². The first-order valence-corrected chi connectivity index (χ1v) is 7.01. The van der Waals surface area contributed by atoms with Crippen LogP contribution in [0.4, 0.5) is 0 Å². The van der Waals surface area contributed by atoms with Crippen molar-refractivity contribution in [3.8, 4) is 0 Å². The van der Waals surface area contributed by atoms with Gasteiger partial charge in [0.15, 0.2) is 0 Å². The Hall–Kier alpha value is -1.29. The Morgan fingerprint density at radius 2 is 2.16 bits per heavy atom. The number of rotatable bonds is 5. The SMILES string of the molecule is CN(C(=O)Cn1cccc1CNC(C)(C)C)C1CC1. The van der Waals surface area contributed by atoms with Crippen molar-refractivity contribution in [1.29, 1.82) is 0 Å². The summed E-state index contributed by atoms with van der Waals surface area (Å²) < 4.78 is 2.04. The molecule has 4 nitrogen and oxygen atoms in total. The van der Waals surface area contributed by atoms with E-state index in [1.54, 1.807) is 0 Å². The molecule has 1 fully saturated rings. The molecule has 1 amide bonds. The summed E-state index contributed by atoms with van der Waals surface area (Å²) in [7, 11) is 1.91. The summed E-state index contributed by atoms with van der Waals surface area (Å²) in [5.74, 6) is 0.204. The van der Waals surface area contributed by atoms with Gasteiger partial charge in [-0.15, -0.1) is 0 Å². The second-order valence-electron chi connectivity index (χ2n) is 6.47. The molecule has 1 aliphatic rings. The fourth-order valence-corrected chi connectivity index (χ4v) is 2.04. The van der Waals surface area contributed by atoms with Crippen LogP contribution in [0.25, 0.3) is 0 Å². The molecule has 1 saturated carbocycles. The molecule has 1 aromatic heterocycles. The predicted molar refractivity (Wildman–Crippen MR) is 76.8 cm³/mol. The first-order valence-electron chi connectivity index (χ1n) is 7.01. The Bertz CT molecular complexity index is 440. The molecular formula is C15H25N3O. The van der Waals surface area contributed by atoms with Crippen molar-refractivity contribution in [2.24, 2.45) is 0 Å². The summed E-state index contributed by atoms with van der Waals surface area (Å²) in [6.45, 7) is 7.67. The molecule has 0 radical (unpaired) electrons. The van der Waals surface area contributed by atoms with Crippen LogP contribution < -0.4 is 5.32 Å². The maximum absolute atomic E-state index is 12.1. The van der Waals surface area contributed by atoms with Crippen molar-refractivity contribution in [2.45, 2.75) is 58.3 Å². The van der Waals surface area contributed by atoms with Crippen molar-refractivity contribution in [2.75, 3.05) is 7.05 Å². The van der Waals surface area contributed by atoms with Gasteiger partial charge < -0.3 is 14.8 Å². The molecule has 1 aromatic rings. The Morgan fingerprint density at radius 3 is 2.74 bits per heavy atom. The fourth-order valence-electron chi connectivity index (χ4n) is 2.04. The topological polar surface area (TPSA) is 37.3 Å². The van der Waals surface area contributed by atoms with E-state index in [1.807, 2.05) is 28.8 Å². The van der Waals surface area contributed by atoms with Crippen LogP contribution >= 0.6 is 0 Å². The van der Waals surface area contributed by atoms with Gasteiger partial charge in [0.1, 0.15) is 6.54 Å². The average Bonchev–Trinajstić information content (AvgIpc) is 3.07. The first kappa shape index (κ1) is 14.1. The van der Waals surface area contributed by atoms with E-state index in [-0.39, 0.29) is 11.4 Å². The Balaban J connectivity index is 1.93. The molecular weight excluding hydrogens is 238 g/mol. The Kier molecular flexibility index (Phi) is 3.99. The van der Waals surface area contributed by atoms with Gasteiger partial charge in [0.2, 0.25) is 5.91 Å². The molecule has 0 aliphatic heterocycles. The van der Waals surface area contributed by atoms with Crippen LogP contribution in [0.2, 0.25) is 0 Å². The van der Waals surface area contributed by atoms with E-state index in [4.69, 9.17) is 0 Å². The van der Waals surface area contributed by atoms with Crippen LogP contribution in [0.1, 0.15) is 39.3 Å². The zero-order valence-electron chi connectivity index (χ0n) is 12.4. The van der Waals surface area contributed by atoms with Crippen LogP contribution in [0.5, 0.6) is 0 Å². The lowest BCUT2D eigenvalue weighted by molar-refractivity contribution is -0.131. The van der Waals surface area contributed by atoms with E-state index in [0.717, 1.165) is 25.1 Å². The number of hydrogen-bond donors (Lipinski definition) is 1. The molecule has 0 unspecified atom stereocenters. The number of carbonyl (C=O) groups is 1. The number of nitrogens with one attached hydrogen (secondary N) is 1. The first-order chi connectivity index (χ1) is 8.87. The van der Waals surface area contributed by atoms with E-state index >= 15 is 0 Å². The van der Waals surface area contributed by atoms with Crippen LogP contribution in [0, 0.1) is 0 Å². The lowest BCUT2D eigenvalue weighted by atomic mass is 10.1. The van der Waals surface area contributed by atoms with E-state index in [2.05, 4.69) is 32.2 Å². The number of hydrogen-bond acceptors (Lipinski definition) is 2. The lowest BCUT2D eigenvalue weighted by Crippen LogP contribution is -2.36. The number of amides is 1. The fraction of sp³-hybridized carbons (Fsp3) is 0.667. The van der Waals surface area contributed by atoms with Gasteiger partial charge >= 0.3 is 0 Å². The molecule has 0 atom stereocenters. The molecule has 1 aliphatic carbocycles. The highest BCUT2D eigenvalue weighted by Crippen LogP contribution is 2.25. The number of nitrogens with zero attached hydrogens (tertiary/aromatic N) is 2. The number of likely N-dealkylation sites (N-methyl/N-ethyl adjacent to an activating group) is 1. The molecule has 0 bridgehead atoms. The minimum absolute atomic E-state index is 0.0872. The normalized spacial score (nSPS) is 15.6. The summed E-state index contributed by atoms with van der Waals surface area (Å²) in [5, 5.41) is 3.46. The molecule has 0 aromatic carbocycles. The standard InChI is InChI=1S/C15H25N3O/c1-15(2,3)16-10-13-6-5-9-18(13)11-14(19)17(4)12-7-8-12/h5-6,9,12,16H,7-8,10-11H2,1-4H3. The molecule has 0 saturated heterocycles. The number of carbonyl (C=O) groups excluding carboxylic acids is 1. The Labute approximate surface area is 115 Å². The van der Waals surface area contributed by atoms with E-state index in [1.165, 1.54) is 0 Å². The van der Waals surface area contributed by atoms with E-state index in [0.29, 0.717) is 12.6 Å². The summed E-state index contributed by atoms with van der Waals surface area (Å²) in [6.07, 6.45) is 4.30. The van der Waals surface area contributed by atoms with Gasteiger partial charge in [-0.25, -0.2) is 0 Å². The van der Waals surface area contributed by atoms with Crippen LogP contribution in [-0.2, 0) is 17.9 Å². The highest BCUT2D eigenvalue weighted by Gasteiger charge is 2.29. The minimum atomic E-state index is 0.0872. The van der Waals surface area contributed by atoms with Gasteiger partial charge in [-0.1, -0.05) is 0 Å². The van der Waals surface area contributed by atoms with Gasteiger partial charge in [0.05, 0.1) is 0 Å². The lowest BCUT2D eigenvalue weighted by Gasteiger charge is -2.22. The van der Waals surface area contributed by atoms with Gasteiger partial charge in [-0.3, -0.25) is 4.79 Å². The summed E-state index contributed by atoms with van der Waals surface area (Å²) in [5.41, 5.74) is 1.25. The monoisotopic (exact) mass is 263 g/mol. The zero-order chi connectivity index (χ0) is 14.0. The molecule has 106 valence electrons. The zero-order valence-corrected chi connectivity index (χ0v) is 12.4. The molecule has 0 spiro atoms. The average molecular weight is 263 g/mol. The second-order valence-corrected chi connectivity index (χ2v) is 6.47. The highest BCUT2D eigenvalue weighted by molar-refractivity contribution is 5.76. The Morgan fingerprint density at radius 1 is 1.47 bits per heavy atom. The van der Waals surface area contributed by atoms with Crippen molar-refractivity contribution in [3.05, 3.63) is 24.0 Å². The van der Waals surface area contributed by atoms with Crippen molar-refractivity contribution in [3.63, 3.8) is 0 Å². The third-order valence-corrected chi connectivity index (χ3v) is 3.52. The number of aromatic nitrogens is 1.